The van der Waals surface area contributed by atoms with Crippen LogP contribution >= 0.6 is 27.3 Å². The Balaban J connectivity index is 1.75. The van der Waals surface area contributed by atoms with Crippen molar-refractivity contribution >= 4 is 33.2 Å². The zero-order valence-corrected chi connectivity index (χ0v) is 16.2. The summed E-state index contributed by atoms with van der Waals surface area (Å²) >= 11 is 4.91. The third-order valence-electron chi connectivity index (χ3n) is 3.53. The first-order valence-corrected chi connectivity index (χ1v) is 9.05. The van der Waals surface area contributed by atoms with Gasteiger partial charge in [-0.05, 0) is 32.0 Å². The van der Waals surface area contributed by atoms with Gasteiger partial charge in [0.2, 0.25) is 0 Å². The van der Waals surface area contributed by atoms with Gasteiger partial charge in [-0.3, -0.25) is 0 Å². The van der Waals surface area contributed by atoms with Gasteiger partial charge in [-0.2, -0.15) is 0 Å². The van der Waals surface area contributed by atoms with Crippen molar-refractivity contribution in [1.29, 1.82) is 0 Å². The molecule has 130 valence electrons. The van der Waals surface area contributed by atoms with E-state index in [2.05, 4.69) is 26.1 Å². The van der Waals surface area contributed by atoms with E-state index in [-0.39, 0.29) is 6.61 Å². The van der Waals surface area contributed by atoms with E-state index in [9.17, 15) is 4.79 Å². The molecule has 0 saturated heterocycles. The normalized spacial score (nSPS) is 10.7. The lowest BCUT2D eigenvalue weighted by Crippen LogP contribution is -2.07. The highest BCUT2D eigenvalue weighted by Crippen LogP contribution is 2.34. The zero-order chi connectivity index (χ0) is 18.0. The smallest absolute Gasteiger partial charge is 0.344 e. The number of halogens is 1. The molecular formula is C17H15BrN2O4S. The predicted octanol–water partition coefficient (Wildman–Crippen LogP) is 4.54. The van der Waals surface area contributed by atoms with Crippen LogP contribution in [0.25, 0.3) is 10.6 Å². The van der Waals surface area contributed by atoms with Crippen molar-refractivity contribution in [3.8, 4) is 16.3 Å². The Hall–Kier alpha value is -2.19. The van der Waals surface area contributed by atoms with Crippen LogP contribution in [0.2, 0.25) is 0 Å². The van der Waals surface area contributed by atoms with Gasteiger partial charge in [-0.25, -0.2) is 9.78 Å². The van der Waals surface area contributed by atoms with E-state index in [1.807, 2.05) is 23.6 Å². The predicted molar refractivity (Wildman–Crippen MR) is 96.9 cm³/mol. The Morgan fingerprint density at radius 2 is 2.16 bits per heavy atom. The summed E-state index contributed by atoms with van der Waals surface area (Å²) in [5, 5.41) is 6.41. The van der Waals surface area contributed by atoms with Crippen molar-refractivity contribution in [3.63, 3.8) is 0 Å². The highest BCUT2D eigenvalue weighted by Gasteiger charge is 2.19. The minimum absolute atomic E-state index is 0.0791. The summed E-state index contributed by atoms with van der Waals surface area (Å²) in [4.78, 5) is 16.7. The zero-order valence-electron chi connectivity index (χ0n) is 13.8. The van der Waals surface area contributed by atoms with Crippen molar-refractivity contribution in [2.24, 2.45) is 0 Å². The molecule has 0 fully saturated rings. The molecule has 0 saturated carbocycles. The van der Waals surface area contributed by atoms with Crippen LogP contribution in [0.15, 0.2) is 32.6 Å². The van der Waals surface area contributed by atoms with E-state index in [0.717, 1.165) is 20.8 Å². The summed E-state index contributed by atoms with van der Waals surface area (Å²) in [7, 11) is 1.62. The van der Waals surface area contributed by atoms with Crippen LogP contribution in [0.4, 0.5) is 0 Å². The van der Waals surface area contributed by atoms with Crippen molar-refractivity contribution in [1.82, 2.24) is 10.1 Å². The Morgan fingerprint density at radius 3 is 2.84 bits per heavy atom. The fourth-order valence-corrected chi connectivity index (χ4v) is 3.52. The second-order valence-electron chi connectivity index (χ2n) is 5.26. The number of aromatic nitrogens is 2. The maximum Gasteiger partial charge on any atom is 0.344 e. The Morgan fingerprint density at radius 1 is 1.36 bits per heavy atom. The summed E-state index contributed by atoms with van der Waals surface area (Å²) in [6.45, 7) is 3.46. The number of rotatable bonds is 5. The minimum Gasteiger partial charge on any atom is -0.496 e. The Bertz CT molecular complexity index is 900. The first-order valence-electron chi connectivity index (χ1n) is 7.38. The van der Waals surface area contributed by atoms with Crippen LogP contribution in [-0.4, -0.2) is 23.2 Å². The third kappa shape index (κ3) is 3.74. The number of aryl methyl sites for hydroxylation is 2. The van der Waals surface area contributed by atoms with Crippen LogP contribution < -0.4 is 4.74 Å². The van der Waals surface area contributed by atoms with E-state index in [1.54, 1.807) is 21.0 Å². The number of hydrogen-bond donors (Lipinski definition) is 0. The lowest BCUT2D eigenvalue weighted by Gasteiger charge is -2.06. The number of hydrogen-bond acceptors (Lipinski definition) is 7. The van der Waals surface area contributed by atoms with Gasteiger partial charge in [-0.1, -0.05) is 21.1 Å². The molecule has 0 spiro atoms. The molecular weight excluding hydrogens is 408 g/mol. The van der Waals surface area contributed by atoms with Crippen LogP contribution in [0, 0.1) is 13.8 Å². The summed E-state index contributed by atoms with van der Waals surface area (Å²) in [6, 6.07) is 5.72. The van der Waals surface area contributed by atoms with Crippen molar-refractivity contribution in [3.05, 3.63) is 50.8 Å². The number of benzene rings is 1. The van der Waals surface area contributed by atoms with Gasteiger partial charge in [0, 0.05) is 9.85 Å². The van der Waals surface area contributed by atoms with Gasteiger partial charge in [-0.15, -0.1) is 11.3 Å². The van der Waals surface area contributed by atoms with Gasteiger partial charge >= 0.3 is 5.97 Å². The summed E-state index contributed by atoms with van der Waals surface area (Å²) < 4.78 is 16.6. The molecule has 0 amide bonds. The average Bonchev–Trinajstić information content (AvgIpc) is 3.19. The average molecular weight is 423 g/mol. The van der Waals surface area contributed by atoms with Gasteiger partial charge in [0.1, 0.15) is 28.7 Å². The summed E-state index contributed by atoms with van der Waals surface area (Å²) in [5.41, 5.74) is 2.43. The number of carbonyl (C=O) groups excluding carboxylic acids is 1. The molecule has 25 heavy (non-hydrogen) atoms. The lowest BCUT2D eigenvalue weighted by atomic mass is 10.2. The van der Waals surface area contributed by atoms with E-state index in [4.69, 9.17) is 14.0 Å². The molecule has 3 aromatic rings. The van der Waals surface area contributed by atoms with Crippen LogP contribution in [0.1, 0.15) is 27.5 Å². The molecule has 0 radical (unpaired) electrons. The van der Waals surface area contributed by atoms with Crippen LogP contribution in [0.3, 0.4) is 0 Å². The maximum absolute atomic E-state index is 12.2. The van der Waals surface area contributed by atoms with Crippen LogP contribution in [-0.2, 0) is 11.3 Å². The largest absolute Gasteiger partial charge is 0.496 e. The second kappa shape index (κ2) is 7.37. The standard InChI is InChI=1S/C17H15BrN2O4S/c1-9-15(10(2)24-20-9)17(21)23-7-12-8-25-16(19-12)13-6-11(18)4-5-14(13)22-3/h4-6,8H,7H2,1-3H3. The first kappa shape index (κ1) is 17.6. The third-order valence-corrected chi connectivity index (χ3v) is 4.95. The summed E-state index contributed by atoms with van der Waals surface area (Å²) in [5.74, 6) is 0.711. The molecule has 2 aromatic heterocycles. The molecule has 2 heterocycles. The number of esters is 1. The molecule has 0 unspecified atom stereocenters. The second-order valence-corrected chi connectivity index (χ2v) is 7.04. The monoisotopic (exact) mass is 422 g/mol. The lowest BCUT2D eigenvalue weighted by molar-refractivity contribution is 0.0465. The van der Waals surface area contributed by atoms with E-state index < -0.39 is 5.97 Å². The van der Waals surface area contributed by atoms with Gasteiger partial charge in [0.15, 0.2) is 0 Å². The topological polar surface area (TPSA) is 74.5 Å². The summed E-state index contributed by atoms with van der Waals surface area (Å²) in [6.07, 6.45) is 0. The van der Waals surface area contributed by atoms with E-state index in [1.165, 1.54) is 11.3 Å². The van der Waals surface area contributed by atoms with Crippen molar-refractivity contribution in [2.45, 2.75) is 20.5 Å². The number of ether oxygens (including phenoxy) is 2. The maximum atomic E-state index is 12.2. The minimum atomic E-state index is -0.467. The number of thiazole rings is 1. The highest BCUT2D eigenvalue weighted by atomic mass is 79.9. The molecule has 0 aliphatic rings. The molecule has 0 atom stereocenters. The number of nitrogens with zero attached hydrogens (tertiary/aromatic N) is 2. The fraction of sp³-hybridized carbons (Fsp3) is 0.235. The van der Waals surface area contributed by atoms with E-state index >= 15 is 0 Å². The van der Waals surface area contributed by atoms with Crippen LogP contribution in [0.5, 0.6) is 5.75 Å². The van der Waals surface area contributed by atoms with Gasteiger partial charge in [0.05, 0.1) is 24.1 Å². The van der Waals surface area contributed by atoms with Gasteiger partial charge in [0.25, 0.3) is 0 Å². The SMILES string of the molecule is COc1ccc(Br)cc1-c1nc(COC(=O)c2c(C)noc2C)cs1. The quantitative estimate of drug-likeness (QED) is 0.561. The molecule has 6 nitrogen and oxygen atoms in total. The Labute approximate surface area is 156 Å². The first-order chi connectivity index (χ1) is 12.0. The molecule has 0 N–H and O–H groups in total. The molecule has 8 heteroatoms. The van der Waals surface area contributed by atoms with Gasteiger partial charge < -0.3 is 14.0 Å². The Kier molecular flexibility index (Phi) is 5.19. The van der Waals surface area contributed by atoms with Crippen molar-refractivity contribution < 1.29 is 18.8 Å². The molecule has 3 rings (SSSR count). The highest BCUT2D eigenvalue weighted by molar-refractivity contribution is 9.10. The number of methoxy groups -OCH3 is 1. The molecule has 0 aliphatic carbocycles. The molecule has 1 aromatic carbocycles. The van der Waals surface area contributed by atoms with E-state index in [0.29, 0.717) is 22.7 Å². The number of carbonyl (C=O) groups is 1. The molecule has 0 aliphatic heterocycles. The molecule has 0 bridgehead atoms. The van der Waals surface area contributed by atoms with Crippen molar-refractivity contribution in [2.75, 3.05) is 7.11 Å². The fourth-order valence-electron chi connectivity index (χ4n) is 2.33.